The molecule has 2 aromatic heterocycles. The molecule has 2 unspecified atom stereocenters. The van der Waals surface area contributed by atoms with Gasteiger partial charge in [0.15, 0.2) is 5.78 Å². The summed E-state index contributed by atoms with van der Waals surface area (Å²) >= 11 is 2.86. The van der Waals surface area contributed by atoms with Crippen molar-refractivity contribution in [2.45, 2.75) is 150 Å². The molecule has 0 saturated carbocycles. The highest BCUT2D eigenvalue weighted by Gasteiger charge is 2.62. The van der Waals surface area contributed by atoms with E-state index in [1.807, 2.05) is 31.2 Å². The molecule has 14 N–H and O–H groups in total. The number of aromatic nitrogens is 2. The third-order valence-electron chi connectivity index (χ3n) is 19.0. The summed E-state index contributed by atoms with van der Waals surface area (Å²) in [6.07, 6.45) is 9.07. The van der Waals surface area contributed by atoms with Crippen molar-refractivity contribution in [2.75, 3.05) is 24.6 Å². The molecule has 9 atom stereocenters. The maximum absolute atomic E-state index is 15.4. The Morgan fingerprint density at radius 2 is 1.38 bits per heavy atom. The highest BCUT2D eigenvalue weighted by atomic mass is 32.2. The monoisotopic (exact) mass is 1350 g/mol. The van der Waals surface area contributed by atoms with E-state index in [-0.39, 0.29) is 49.8 Å². The van der Waals surface area contributed by atoms with Gasteiger partial charge in [0.05, 0.1) is 18.6 Å². The van der Waals surface area contributed by atoms with E-state index < -0.39 is 124 Å². The number of urea groups is 1. The number of aromatic amines is 2. The van der Waals surface area contributed by atoms with Crippen LogP contribution < -0.4 is 48.7 Å². The molecule has 506 valence electrons. The van der Waals surface area contributed by atoms with Crippen LogP contribution in [0.1, 0.15) is 122 Å². The van der Waals surface area contributed by atoms with Crippen molar-refractivity contribution in [1.29, 1.82) is 0 Å². The Morgan fingerprint density at radius 3 is 2.06 bits per heavy atom. The van der Waals surface area contributed by atoms with Gasteiger partial charge >= 0.3 is 6.03 Å². The molecule has 11 rings (SSSR count). The smallest absolute Gasteiger partial charge is 0.315 e. The summed E-state index contributed by atoms with van der Waals surface area (Å²) in [6, 6.07) is 13.3. The van der Waals surface area contributed by atoms with E-state index in [0.717, 1.165) is 16.7 Å². The molecule has 2 aliphatic carbocycles. The lowest BCUT2D eigenvalue weighted by Gasteiger charge is -2.49. The highest BCUT2D eigenvalue weighted by Crippen LogP contribution is 2.56. The van der Waals surface area contributed by atoms with Crippen LogP contribution in [0.5, 0.6) is 0 Å². The van der Waals surface area contributed by atoms with E-state index in [1.165, 1.54) is 58.8 Å². The van der Waals surface area contributed by atoms with Gasteiger partial charge in [0.25, 0.3) is 0 Å². The van der Waals surface area contributed by atoms with E-state index in [4.69, 9.17) is 11.5 Å². The molecule has 6 aromatic rings. The van der Waals surface area contributed by atoms with Gasteiger partial charge in [0.2, 0.25) is 41.4 Å². The van der Waals surface area contributed by atoms with Crippen molar-refractivity contribution in [2.24, 2.45) is 16.9 Å². The average molecular weight is 1350 g/mol. The average Bonchev–Trinajstić information content (AvgIpc) is 1.52. The molecule has 5 heterocycles. The van der Waals surface area contributed by atoms with Gasteiger partial charge < -0.3 is 63.8 Å². The normalized spacial score (nSPS) is 26.8. The molecule has 4 aromatic carbocycles. The van der Waals surface area contributed by atoms with Crippen molar-refractivity contribution < 1.29 is 57.0 Å². The number of unbranched alkanes of at least 4 members (excludes halogenated alkanes) is 1. The summed E-state index contributed by atoms with van der Waals surface area (Å²) in [5.41, 5.74) is 13.8. The number of halogens is 2. The van der Waals surface area contributed by atoms with Gasteiger partial charge in [-0.2, -0.15) is 23.5 Å². The first-order valence-electron chi connectivity index (χ1n) is 32.4. The van der Waals surface area contributed by atoms with Gasteiger partial charge in [-0.3, -0.25) is 43.3 Å². The summed E-state index contributed by atoms with van der Waals surface area (Å²) in [4.78, 5) is 137. The highest BCUT2D eigenvalue weighted by molar-refractivity contribution is 7.98. The first kappa shape index (κ1) is 68.5. The summed E-state index contributed by atoms with van der Waals surface area (Å²) in [7, 11) is 0. The molecule has 26 heteroatoms. The Balaban J connectivity index is 0.914. The Hall–Kier alpha value is -8.85. The van der Waals surface area contributed by atoms with Crippen molar-refractivity contribution in [3.8, 4) is 0 Å². The second-order valence-electron chi connectivity index (χ2n) is 26.2. The molecule has 22 nitrogen and oxygen atoms in total. The van der Waals surface area contributed by atoms with Gasteiger partial charge in [-0.25, -0.2) is 13.6 Å². The SMILES string of the molecule is CC1(O)C=CC2(C)C[C@@H]3NC(=O)N[C@@H]4CCCc5ccc(cc54)C(=O)[C@H](Cc4c[nH]c5ccc(F)cc45)NC(=O)[C@H](Cc4c[nH]c5ccc(F)cc45)NC(=O)CNC(=O)[C@H](CCCCN)NC(=O)CCSCc4cccc(c4)CSC[C@@H](C(N)=O)NC(=O)[C@]4(C)CC1=C2N4C3=O. The fraction of sp³-hybridized carbons (Fsp3) is 0.414. The summed E-state index contributed by atoms with van der Waals surface area (Å²) in [5, 5.41) is 32.6. The van der Waals surface area contributed by atoms with Gasteiger partial charge in [-0.1, -0.05) is 55.5 Å². The minimum absolute atomic E-state index is 0.0529. The molecular weight excluding hydrogens is 1270 g/mol. The van der Waals surface area contributed by atoms with E-state index >= 15 is 14.4 Å². The number of fused-ring (bicyclic) bond motifs is 6. The molecule has 1 fully saturated rings. The summed E-state index contributed by atoms with van der Waals surface area (Å²) < 4.78 is 29.8. The van der Waals surface area contributed by atoms with Crippen molar-refractivity contribution in [3.63, 3.8) is 0 Å². The number of carbonyl (C=O) groups excluding carboxylic acids is 9. The number of rotatable bonds is 9. The van der Waals surface area contributed by atoms with E-state index in [9.17, 15) is 42.7 Å². The van der Waals surface area contributed by atoms with Crippen LogP contribution in [0.15, 0.2) is 115 Å². The number of nitrogens with two attached hydrogens (primary N) is 2. The first-order valence-corrected chi connectivity index (χ1v) is 34.7. The van der Waals surface area contributed by atoms with Crippen LogP contribution >= 0.6 is 23.5 Å². The van der Waals surface area contributed by atoms with Gasteiger partial charge in [-0.05, 0) is 147 Å². The first-order chi connectivity index (χ1) is 45.9. The standard InChI is InChI=1S/C70H80F2N12O10S2/c1-68-20-21-70(3,94)49-30-69(2)66(92)81-57(62(74)88)37-96-36-39-9-6-8-38(24-39)35-95-23-19-58(85)78-53(11-4-5-22-73)63(89)77-34-59(86)79-55(27-43-33-76-51-18-16-45(72)29-48(43)51)64(90)80-54(26-42-32-75-50-17-15-44(71)28-47(42)50)60(87)41-14-13-40-10-7-12-52(46(40)25-41)82-67(93)83-56(31-68)65(91)84(69)61(49)68/h6,8-9,13-18,20-21,24-25,28-29,32-33,52-57,75-76,94H,4-5,7,10-12,19,22-23,26-27,30-31,34-37,73H2,1-3H3,(H2,74,88)(H,77,89)(H,78,85)(H,79,86)(H,80,90)(H,81,92)(H2,82,83,93)/t52-,53+,54+,55+,56+,57+,68?,69+,70?/m1/s1. The number of H-pyrrole nitrogens is 2. The van der Waals surface area contributed by atoms with E-state index in [0.29, 0.717) is 106 Å². The molecular formula is C70H80F2N12O10S2. The molecule has 0 radical (unpaired) electrons. The second kappa shape index (κ2) is 28.8. The lowest BCUT2D eigenvalue weighted by atomic mass is 9.69. The van der Waals surface area contributed by atoms with Gasteiger partial charge in [0, 0.05) is 99.6 Å². The molecule has 3 aliphatic heterocycles. The minimum Gasteiger partial charge on any atom is -0.382 e. The number of hydrogen-bond donors (Lipinski definition) is 12. The number of aryl methyl sites for hydroxylation is 1. The predicted molar refractivity (Wildman–Crippen MR) is 361 cm³/mol. The number of carbonyl (C=O) groups is 9. The number of thioether (sulfide) groups is 2. The zero-order valence-electron chi connectivity index (χ0n) is 53.6. The van der Waals surface area contributed by atoms with Crippen molar-refractivity contribution in [1.82, 2.24) is 52.1 Å². The van der Waals surface area contributed by atoms with Crippen LogP contribution in [0.25, 0.3) is 21.8 Å². The van der Waals surface area contributed by atoms with Crippen LogP contribution in [-0.4, -0.2) is 139 Å². The van der Waals surface area contributed by atoms with E-state index in [2.05, 4.69) is 47.2 Å². The van der Waals surface area contributed by atoms with Crippen LogP contribution in [0.3, 0.4) is 0 Å². The Morgan fingerprint density at radius 1 is 0.708 bits per heavy atom. The predicted octanol–water partition coefficient (Wildman–Crippen LogP) is 5.86. The maximum atomic E-state index is 15.4. The van der Waals surface area contributed by atoms with Gasteiger partial charge in [0.1, 0.15) is 46.9 Å². The number of piperidine rings is 1. The fourth-order valence-corrected chi connectivity index (χ4v) is 15.8. The van der Waals surface area contributed by atoms with Crippen molar-refractivity contribution >= 4 is 98.5 Å². The lowest BCUT2D eigenvalue weighted by Crippen LogP contribution is -2.66. The third kappa shape index (κ3) is 15.1. The molecule has 1 saturated heterocycles. The zero-order valence-corrected chi connectivity index (χ0v) is 55.2. The largest absolute Gasteiger partial charge is 0.382 e. The quantitative estimate of drug-likeness (QED) is 0.0597. The van der Waals surface area contributed by atoms with E-state index in [1.54, 1.807) is 62.7 Å². The fourth-order valence-electron chi connectivity index (χ4n) is 13.9. The van der Waals surface area contributed by atoms with Crippen LogP contribution in [0.2, 0.25) is 0 Å². The zero-order chi connectivity index (χ0) is 68.2. The Bertz CT molecular complexity index is 4130. The number of benzene rings is 4. The number of hydrogen-bond acceptors (Lipinski definition) is 13. The number of amides is 9. The van der Waals surface area contributed by atoms with Crippen LogP contribution in [0, 0.1) is 17.0 Å². The van der Waals surface area contributed by atoms with Crippen molar-refractivity contribution in [3.05, 3.63) is 165 Å². The topological polar surface area (TPSA) is 345 Å². The maximum Gasteiger partial charge on any atom is 0.315 e. The molecule has 9 amide bonds. The molecule has 0 spiro atoms. The number of ketones is 1. The second-order valence-corrected chi connectivity index (χ2v) is 28.4. The van der Waals surface area contributed by atoms with Crippen LogP contribution in [0.4, 0.5) is 13.6 Å². The number of allylic oxidation sites excluding steroid dienone is 1. The molecule has 96 heavy (non-hydrogen) atoms. The Labute approximate surface area is 561 Å². The summed E-state index contributed by atoms with van der Waals surface area (Å²) in [6.45, 7) is 4.72. The van der Waals surface area contributed by atoms with Gasteiger partial charge in [-0.15, -0.1) is 0 Å². The third-order valence-corrected chi connectivity index (χ3v) is 21.1. The molecule has 5 aliphatic rings. The Kier molecular flexibility index (Phi) is 20.6. The molecule has 6 bridgehead atoms. The number of aliphatic hydroxyl groups is 1. The number of nitrogens with zero attached hydrogens (tertiary/aromatic N) is 1. The lowest BCUT2D eigenvalue weighted by molar-refractivity contribution is -0.148. The van der Waals surface area contributed by atoms with Crippen LogP contribution in [-0.2, 0) is 64.3 Å². The minimum atomic E-state index is -1.70. The number of Topliss-reactive ketones (excluding diaryl/α,β-unsaturated/α-hetero) is 1. The number of primary amides is 1. The number of nitrogens with one attached hydrogen (secondary N) is 9. The summed E-state index contributed by atoms with van der Waals surface area (Å²) in [5.74, 6) is -5.07.